The van der Waals surface area contributed by atoms with E-state index in [4.69, 9.17) is 14.6 Å². The molecule has 0 saturated carbocycles. The number of carbonyl (C=O) groups is 1. The maximum absolute atomic E-state index is 13.9. The third-order valence-corrected chi connectivity index (χ3v) is 7.70. The highest BCUT2D eigenvalue weighted by atomic mass is 16.5. The molecule has 1 N–H and O–H groups in total. The standard InChI is InChI=1S/C32H37N5O3/c1-32(2,3)29-22-30-36(15-14-23-8-4-7-11-27(23)37(30)34-29)31(38)33-26-12-13-28(25-10-6-5-9-24(25)26)40-21-18-35-16-19-39-20-17-35/h4-13,22H,14-21H2,1-3H3,(H,33,38). The van der Waals surface area contributed by atoms with Gasteiger partial charge < -0.3 is 14.8 Å². The summed E-state index contributed by atoms with van der Waals surface area (Å²) in [6, 6.07) is 22.1. The monoisotopic (exact) mass is 539 g/mol. The maximum Gasteiger partial charge on any atom is 0.327 e. The summed E-state index contributed by atoms with van der Waals surface area (Å²) < 4.78 is 13.6. The van der Waals surface area contributed by atoms with Crippen molar-refractivity contribution in [3.05, 3.63) is 78.0 Å². The summed E-state index contributed by atoms with van der Waals surface area (Å²) in [6.45, 7) is 11.9. The highest BCUT2D eigenvalue weighted by Crippen LogP contribution is 2.34. The van der Waals surface area contributed by atoms with Crippen LogP contribution in [0.25, 0.3) is 16.5 Å². The second-order valence-electron chi connectivity index (χ2n) is 11.5. The van der Waals surface area contributed by atoms with Crippen molar-refractivity contribution >= 4 is 28.3 Å². The molecular weight excluding hydrogens is 502 g/mol. The Labute approximate surface area is 235 Å². The number of amides is 2. The third-order valence-electron chi connectivity index (χ3n) is 7.70. The van der Waals surface area contributed by atoms with E-state index in [1.165, 1.54) is 5.56 Å². The Balaban J connectivity index is 1.26. The van der Waals surface area contributed by atoms with Crippen molar-refractivity contribution in [1.29, 1.82) is 0 Å². The molecule has 3 heterocycles. The molecule has 2 amide bonds. The van der Waals surface area contributed by atoms with Gasteiger partial charge in [0.2, 0.25) is 0 Å². The van der Waals surface area contributed by atoms with Gasteiger partial charge >= 0.3 is 6.03 Å². The van der Waals surface area contributed by atoms with Crippen molar-refractivity contribution in [1.82, 2.24) is 14.7 Å². The summed E-state index contributed by atoms with van der Waals surface area (Å²) in [5, 5.41) is 10.1. The zero-order valence-corrected chi connectivity index (χ0v) is 23.5. The second-order valence-corrected chi connectivity index (χ2v) is 11.5. The number of rotatable bonds is 5. The molecule has 1 fully saturated rings. The molecule has 0 unspecified atom stereocenters. The number of aromatic nitrogens is 2. The lowest BCUT2D eigenvalue weighted by atomic mass is 9.92. The van der Waals surface area contributed by atoms with Crippen LogP contribution in [0.5, 0.6) is 5.75 Å². The molecule has 4 aromatic rings. The molecule has 1 saturated heterocycles. The molecule has 40 heavy (non-hydrogen) atoms. The molecule has 8 heteroatoms. The largest absolute Gasteiger partial charge is 0.492 e. The van der Waals surface area contributed by atoms with E-state index in [1.807, 2.05) is 64.2 Å². The van der Waals surface area contributed by atoms with Crippen LogP contribution in [0.2, 0.25) is 0 Å². The number of urea groups is 1. The number of benzene rings is 3. The minimum atomic E-state index is -0.180. The zero-order valence-electron chi connectivity index (χ0n) is 23.5. The van der Waals surface area contributed by atoms with Crippen molar-refractivity contribution in [2.24, 2.45) is 0 Å². The second kappa shape index (κ2) is 10.9. The fourth-order valence-electron chi connectivity index (χ4n) is 5.39. The molecule has 0 radical (unpaired) electrons. The number of anilines is 2. The topological polar surface area (TPSA) is 71.9 Å². The Morgan fingerprint density at radius 1 is 0.975 bits per heavy atom. The van der Waals surface area contributed by atoms with Gasteiger partial charge in [0.1, 0.15) is 18.2 Å². The van der Waals surface area contributed by atoms with Crippen LogP contribution in [0.15, 0.2) is 66.7 Å². The average molecular weight is 540 g/mol. The first-order valence-electron chi connectivity index (χ1n) is 14.1. The number of hydrogen-bond donors (Lipinski definition) is 1. The number of ether oxygens (including phenoxy) is 2. The summed E-state index contributed by atoms with van der Waals surface area (Å²) in [7, 11) is 0. The molecule has 2 aliphatic heterocycles. The number of nitrogens with zero attached hydrogens (tertiary/aromatic N) is 4. The molecule has 0 bridgehead atoms. The van der Waals surface area contributed by atoms with Crippen LogP contribution in [0.1, 0.15) is 32.0 Å². The van der Waals surface area contributed by atoms with Crippen LogP contribution in [0.3, 0.4) is 0 Å². The van der Waals surface area contributed by atoms with Gasteiger partial charge in [0.05, 0.1) is 30.3 Å². The summed E-state index contributed by atoms with van der Waals surface area (Å²) in [5.41, 5.74) is 3.74. The number of fused-ring (bicyclic) bond motifs is 4. The molecule has 208 valence electrons. The van der Waals surface area contributed by atoms with Gasteiger partial charge in [-0.05, 0) is 30.2 Å². The van der Waals surface area contributed by atoms with E-state index in [2.05, 4.69) is 43.1 Å². The summed E-state index contributed by atoms with van der Waals surface area (Å²) in [4.78, 5) is 18.1. The highest BCUT2D eigenvalue weighted by Gasteiger charge is 2.29. The van der Waals surface area contributed by atoms with E-state index in [9.17, 15) is 4.79 Å². The Hall–Kier alpha value is -3.88. The van der Waals surface area contributed by atoms with Crippen molar-refractivity contribution < 1.29 is 14.3 Å². The van der Waals surface area contributed by atoms with Gasteiger partial charge in [0, 0.05) is 48.4 Å². The van der Waals surface area contributed by atoms with E-state index in [0.717, 1.165) is 78.7 Å². The Bertz CT molecular complexity index is 1520. The van der Waals surface area contributed by atoms with Crippen molar-refractivity contribution in [2.45, 2.75) is 32.6 Å². The lowest BCUT2D eigenvalue weighted by Gasteiger charge is -2.26. The molecule has 2 aliphatic rings. The first-order chi connectivity index (χ1) is 19.4. The van der Waals surface area contributed by atoms with E-state index >= 15 is 0 Å². The van der Waals surface area contributed by atoms with Crippen LogP contribution in [-0.4, -0.2) is 66.7 Å². The molecule has 1 aromatic heterocycles. The van der Waals surface area contributed by atoms with Crippen LogP contribution < -0.4 is 15.0 Å². The minimum absolute atomic E-state index is 0.149. The summed E-state index contributed by atoms with van der Waals surface area (Å²) in [5.74, 6) is 1.60. The fourth-order valence-corrected chi connectivity index (χ4v) is 5.39. The van der Waals surface area contributed by atoms with Crippen molar-refractivity contribution in [3.8, 4) is 11.4 Å². The quantitative estimate of drug-likeness (QED) is 0.356. The van der Waals surface area contributed by atoms with Crippen LogP contribution in [0, 0.1) is 0 Å². The van der Waals surface area contributed by atoms with Gasteiger partial charge in [0.25, 0.3) is 0 Å². The molecular formula is C32H37N5O3. The number of morpholine rings is 1. The molecule has 8 nitrogen and oxygen atoms in total. The predicted molar refractivity (Wildman–Crippen MR) is 159 cm³/mol. The third kappa shape index (κ3) is 5.29. The summed E-state index contributed by atoms with van der Waals surface area (Å²) in [6.07, 6.45) is 0.745. The molecule has 0 atom stereocenters. The molecule has 0 spiro atoms. The Morgan fingerprint density at radius 2 is 1.73 bits per heavy atom. The minimum Gasteiger partial charge on any atom is -0.492 e. The van der Waals surface area contributed by atoms with Crippen LogP contribution >= 0.6 is 0 Å². The number of para-hydroxylation sites is 1. The van der Waals surface area contributed by atoms with E-state index in [1.54, 1.807) is 0 Å². The van der Waals surface area contributed by atoms with Gasteiger partial charge in [-0.1, -0.05) is 63.2 Å². The fraction of sp³-hybridized carbons (Fsp3) is 0.375. The highest BCUT2D eigenvalue weighted by molar-refractivity contribution is 6.08. The molecule has 3 aromatic carbocycles. The predicted octanol–water partition coefficient (Wildman–Crippen LogP) is 5.63. The normalized spacial score (nSPS) is 15.8. The van der Waals surface area contributed by atoms with Gasteiger partial charge in [-0.3, -0.25) is 9.80 Å². The van der Waals surface area contributed by atoms with E-state index in [-0.39, 0.29) is 11.4 Å². The van der Waals surface area contributed by atoms with Crippen LogP contribution in [-0.2, 0) is 16.6 Å². The smallest absolute Gasteiger partial charge is 0.327 e. The van der Waals surface area contributed by atoms with Gasteiger partial charge in [-0.2, -0.15) is 5.10 Å². The average Bonchev–Trinajstić information content (AvgIpc) is 3.34. The van der Waals surface area contributed by atoms with E-state index < -0.39 is 0 Å². The molecule has 0 aliphatic carbocycles. The Morgan fingerprint density at radius 3 is 2.52 bits per heavy atom. The SMILES string of the molecule is CC(C)(C)c1cc2n(n1)-c1ccccc1CCN2C(=O)Nc1ccc(OCCN2CCOCC2)c2ccccc12. The maximum atomic E-state index is 13.9. The first kappa shape index (κ1) is 26.3. The van der Waals surface area contributed by atoms with Crippen LogP contribution in [0.4, 0.5) is 16.3 Å². The lowest BCUT2D eigenvalue weighted by molar-refractivity contribution is 0.0323. The number of hydrogen-bond acceptors (Lipinski definition) is 5. The van der Waals surface area contributed by atoms with Crippen molar-refractivity contribution in [3.63, 3.8) is 0 Å². The first-order valence-corrected chi connectivity index (χ1v) is 14.1. The van der Waals surface area contributed by atoms with Crippen molar-refractivity contribution in [2.75, 3.05) is 56.2 Å². The lowest BCUT2D eigenvalue weighted by Crippen LogP contribution is -2.38. The zero-order chi connectivity index (χ0) is 27.7. The number of nitrogens with one attached hydrogen (secondary N) is 1. The van der Waals surface area contributed by atoms with E-state index in [0.29, 0.717) is 13.2 Å². The van der Waals surface area contributed by atoms with Gasteiger partial charge in [-0.15, -0.1) is 0 Å². The molecule has 6 rings (SSSR count). The van der Waals surface area contributed by atoms with Gasteiger partial charge in [-0.25, -0.2) is 9.48 Å². The Kier molecular flexibility index (Phi) is 7.21. The number of carbonyl (C=O) groups excluding carboxylic acids is 1. The summed E-state index contributed by atoms with van der Waals surface area (Å²) >= 11 is 0. The van der Waals surface area contributed by atoms with Gasteiger partial charge in [0.15, 0.2) is 0 Å².